The molecule has 0 aliphatic carbocycles. The zero-order valence-corrected chi connectivity index (χ0v) is 13.4. The number of hydrogen-bond acceptors (Lipinski definition) is 5. The zero-order chi connectivity index (χ0) is 15.6. The second kappa shape index (κ2) is 6.54. The third kappa shape index (κ3) is 3.80. The number of benzene rings is 1. The Morgan fingerprint density at radius 1 is 1.43 bits per heavy atom. The van der Waals surface area contributed by atoms with Crippen molar-refractivity contribution >= 4 is 11.4 Å². The summed E-state index contributed by atoms with van der Waals surface area (Å²) in [5.74, 6) is 0.715. The van der Waals surface area contributed by atoms with Crippen LogP contribution in [0.4, 0.5) is 11.4 Å². The molecule has 5 nitrogen and oxygen atoms in total. The fraction of sp³-hybridized carbons (Fsp3) is 0.625. The Bertz CT molecular complexity index is 477. The first-order valence-corrected chi connectivity index (χ1v) is 7.53. The van der Waals surface area contributed by atoms with Crippen LogP contribution in [0.5, 0.6) is 5.75 Å². The van der Waals surface area contributed by atoms with Crippen LogP contribution >= 0.6 is 0 Å². The van der Waals surface area contributed by atoms with Gasteiger partial charge < -0.3 is 25.4 Å². The van der Waals surface area contributed by atoms with Crippen LogP contribution in [-0.4, -0.2) is 55.4 Å². The molecule has 0 spiro atoms. The molecule has 2 rings (SSSR count). The predicted octanol–water partition coefficient (Wildman–Crippen LogP) is 1.56. The maximum absolute atomic E-state index is 10.0. The van der Waals surface area contributed by atoms with Gasteiger partial charge in [-0.15, -0.1) is 0 Å². The second-order valence-corrected chi connectivity index (χ2v) is 6.31. The van der Waals surface area contributed by atoms with Crippen molar-refractivity contribution in [2.45, 2.75) is 38.5 Å². The van der Waals surface area contributed by atoms with Crippen LogP contribution in [-0.2, 0) is 0 Å². The Kier molecular flexibility index (Phi) is 4.96. The maximum atomic E-state index is 10.0. The molecule has 1 aliphatic rings. The van der Waals surface area contributed by atoms with E-state index in [-0.39, 0.29) is 18.2 Å². The van der Waals surface area contributed by atoms with Gasteiger partial charge in [-0.25, -0.2) is 0 Å². The number of ether oxygens (including phenoxy) is 1. The van der Waals surface area contributed by atoms with Crippen LogP contribution in [0.15, 0.2) is 18.2 Å². The van der Waals surface area contributed by atoms with E-state index < -0.39 is 0 Å². The minimum atomic E-state index is -0.302. The van der Waals surface area contributed by atoms with Crippen molar-refractivity contribution < 1.29 is 9.84 Å². The summed E-state index contributed by atoms with van der Waals surface area (Å²) >= 11 is 0. The standard InChI is InChI=1S/C16H27N3O2/c1-11(2)21-15-7-5-6-14(16(15)17)19-10-13(20)8-12(19)9-18(3)4/h5-7,11-13,20H,8-10,17H2,1-4H3. The van der Waals surface area contributed by atoms with E-state index in [1.54, 1.807) is 0 Å². The molecule has 0 amide bonds. The van der Waals surface area contributed by atoms with Gasteiger partial charge in [0.05, 0.1) is 23.6 Å². The van der Waals surface area contributed by atoms with E-state index >= 15 is 0 Å². The highest BCUT2D eigenvalue weighted by Crippen LogP contribution is 2.36. The smallest absolute Gasteiger partial charge is 0.144 e. The van der Waals surface area contributed by atoms with Crippen molar-refractivity contribution in [3.05, 3.63) is 18.2 Å². The fourth-order valence-electron chi connectivity index (χ4n) is 2.92. The van der Waals surface area contributed by atoms with Crippen LogP contribution in [0.3, 0.4) is 0 Å². The number of nitrogens with zero attached hydrogens (tertiary/aromatic N) is 2. The molecule has 1 aromatic carbocycles. The van der Waals surface area contributed by atoms with Crippen molar-refractivity contribution in [2.75, 3.05) is 37.8 Å². The average Bonchev–Trinajstić information content (AvgIpc) is 2.71. The van der Waals surface area contributed by atoms with E-state index in [1.165, 1.54) is 0 Å². The normalized spacial score (nSPS) is 22.3. The van der Waals surface area contributed by atoms with E-state index in [9.17, 15) is 5.11 Å². The lowest BCUT2D eigenvalue weighted by Crippen LogP contribution is -2.38. The molecule has 21 heavy (non-hydrogen) atoms. The summed E-state index contributed by atoms with van der Waals surface area (Å²) in [7, 11) is 4.09. The van der Waals surface area contributed by atoms with Gasteiger partial charge in [-0.1, -0.05) is 6.07 Å². The van der Waals surface area contributed by atoms with Crippen molar-refractivity contribution in [3.63, 3.8) is 0 Å². The van der Waals surface area contributed by atoms with Crippen LogP contribution in [0, 0.1) is 0 Å². The molecule has 1 saturated heterocycles. The van der Waals surface area contributed by atoms with Gasteiger partial charge in [0.15, 0.2) is 0 Å². The third-order valence-corrected chi connectivity index (χ3v) is 3.68. The summed E-state index contributed by atoms with van der Waals surface area (Å²) in [5, 5.41) is 10.0. The molecule has 118 valence electrons. The molecule has 1 aliphatic heterocycles. The minimum absolute atomic E-state index is 0.0873. The number of nitrogens with two attached hydrogens (primary N) is 1. The summed E-state index contributed by atoms with van der Waals surface area (Å²) in [5.41, 5.74) is 7.90. The third-order valence-electron chi connectivity index (χ3n) is 3.68. The molecule has 3 N–H and O–H groups in total. The predicted molar refractivity (Wildman–Crippen MR) is 86.9 cm³/mol. The van der Waals surface area contributed by atoms with Crippen LogP contribution in [0.25, 0.3) is 0 Å². The topological polar surface area (TPSA) is 62.0 Å². The van der Waals surface area contributed by atoms with Gasteiger partial charge in [-0.2, -0.15) is 0 Å². The highest BCUT2D eigenvalue weighted by Gasteiger charge is 2.32. The summed E-state index contributed by atoms with van der Waals surface area (Å²) in [4.78, 5) is 4.34. The number of β-amino-alcohol motifs (C(OH)–C–C–N with tert-alkyl or cyclic N) is 1. The number of aliphatic hydroxyl groups excluding tert-OH is 1. The number of aliphatic hydroxyl groups is 1. The van der Waals surface area contributed by atoms with Crippen LogP contribution in [0.1, 0.15) is 20.3 Å². The molecule has 2 atom stereocenters. The molecule has 2 unspecified atom stereocenters. The van der Waals surface area contributed by atoms with Crippen LogP contribution < -0.4 is 15.4 Å². The van der Waals surface area contributed by atoms with Crippen molar-refractivity contribution in [2.24, 2.45) is 0 Å². The number of anilines is 2. The Balaban J connectivity index is 2.27. The molecule has 1 fully saturated rings. The quantitative estimate of drug-likeness (QED) is 0.807. The first-order chi connectivity index (χ1) is 9.88. The fourth-order valence-corrected chi connectivity index (χ4v) is 2.92. The number of hydrogen-bond donors (Lipinski definition) is 2. The minimum Gasteiger partial charge on any atom is -0.489 e. The van der Waals surface area contributed by atoms with E-state index in [1.807, 2.05) is 46.1 Å². The number of rotatable bonds is 5. The maximum Gasteiger partial charge on any atom is 0.144 e. The number of nitrogen functional groups attached to an aromatic ring is 1. The summed E-state index contributed by atoms with van der Waals surface area (Å²) in [6.45, 7) is 5.49. The average molecular weight is 293 g/mol. The molecular weight excluding hydrogens is 266 g/mol. The molecule has 0 bridgehead atoms. The zero-order valence-electron chi connectivity index (χ0n) is 13.4. The first kappa shape index (κ1) is 15.9. The van der Waals surface area contributed by atoms with E-state index in [4.69, 9.17) is 10.5 Å². The van der Waals surface area contributed by atoms with Crippen molar-refractivity contribution in [1.29, 1.82) is 0 Å². The highest BCUT2D eigenvalue weighted by atomic mass is 16.5. The van der Waals surface area contributed by atoms with Gasteiger partial charge in [-0.05, 0) is 46.5 Å². The van der Waals surface area contributed by atoms with Gasteiger partial charge in [0.1, 0.15) is 5.75 Å². The van der Waals surface area contributed by atoms with Crippen molar-refractivity contribution in [3.8, 4) is 5.75 Å². The SMILES string of the molecule is CC(C)Oc1cccc(N2CC(O)CC2CN(C)C)c1N. The lowest BCUT2D eigenvalue weighted by Gasteiger charge is -2.30. The number of para-hydroxylation sites is 1. The Morgan fingerprint density at radius 2 is 2.14 bits per heavy atom. The van der Waals surface area contributed by atoms with Gasteiger partial charge in [-0.3, -0.25) is 0 Å². The molecule has 5 heteroatoms. The molecular formula is C16H27N3O2. The molecule has 0 saturated carbocycles. The summed E-state index contributed by atoms with van der Waals surface area (Å²) in [6, 6.07) is 6.13. The van der Waals surface area contributed by atoms with Gasteiger partial charge >= 0.3 is 0 Å². The van der Waals surface area contributed by atoms with E-state index in [0.717, 1.165) is 18.7 Å². The van der Waals surface area contributed by atoms with E-state index in [2.05, 4.69) is 9.80 Å². The monoisotopic (exact) mass is 293 g/mol. The lowest BCUT2D eigenvalue weighted by atomic mass is 10.1. The Hall–Kier alpha value is -1.46. The Labute approximate surface area is 127 Å². The lowest BCUT2D eigenvalue weighted by molar-refractivity contribution is 0.191. The van der Waals surface area contributed by atoms with Gasteiger partial charge in [0, 0.05) is 19.1 Å². The Morgan fingerprint density at radius 3 is 2.76 bits per heavy atom. The molecule has 1 heterocycles. The highest BCUT2D eigenvalue weighted by molar-refractivity contribution is 5.74. The van der Waals surface area contributed by atoms with Crippen molar-refractivity contribution in [1.82, 2.24) is 4.90 Å². The molecule has 0 radical (unpaired) electrons. The summed E-state index contributed by atoms with van der Waals surface area (Å²) < 4.78 is 5.76. The second-order valence-electron chi connectivity index (χ2n) is 6.31. The molecule has 1 aromatic rings. The molecule has 0 aromatic heterocycles. The van der Waals surface area contributed by atoms with Gasteiger partial charge in [0.25, 0.3) is 0 Å². The number of likely N-dealkylation sites (N-methyl/N-ethyl adjacent to an activating group) is 1. The van der Waals surface area contributed by atoms with Crippen LogP contribution in [0.2, 0.25) is 0 Å². The first-order valence-electron chi connectivity index (χ1n) is 7.53. The summed E-state index contributed by atoms with van der Waals surface area (Å²) in [6.07, 6.45) is 0.556. The largest absolute Gasteiger partial charge is 0.489 e. The van der Waals surface area contributed by atoms with Gasteiger partial charge in [0.2, 0.25) is 0 Å². The van der Waals surface area contributed by atoms with E-state index in [0.29, 0.717) is 18.0 Å².